The van der Waals surface area contributed by atoms with E-state index in [0.717, 1.165) is 16.2 Å². The molecule has 1 unspecified atom stereocenters. The summed E-state index contributed by atoms with van der Waals surface area (Å²) in [5.41, 5.74) is 0.728. The smallest absolute Gasteiger partial charge is 0.212 e. The third-order valence-corrected chi connectivity index (χ3v) is 6.34. The van der Waals surface area contributed by atoms with E-state index < -0.39 is 10.0 Å². The summed E-state index contributed by atoms with van der Waals surface area (Å²) in [7, 11) is -3.34. The molecule has 7 heteroatoms. The third-order valence-electron chi connectivity index (χ3n) is 2.48. The fourth-order valence-corrected chi connectivity index (χ4v) is 3.98. The molecule has 0 aliphatic carbocycles. The summed E-state index contributed by atoms with van der Waals surface area (Å²) in [5, 5.41) is 0. The molecule has 0 spiro atoms. The number of benzene rings is 1. The van der Waals surface area contributed by atoms with Gasteiger partial charge in [-0.3, -0.25) is 0 Å². The monoisotopic (exact) mass is 339 g/mol. The van der Waals surface area contributed by atoms with Crippen LogP contribution in [0.3, 0.4) is 0 Å². The number of nitrogens with one attached hydrogen (secondary N) is 1. The van der Waals surface area contributed by atoms with E-state index in [4.69, 9.17) is 0 Å². The van der Waals surface area contributed by atoms with Crippen LogP contribution in [0.15, 0.2) is 23.1 Å². The molecule has 1 heterocycles. The Balaban J connectivity index is 2.31. The van der Waals surface area contributed by atoms with Gasteiger partial charge in [-0.2, -0.15) is 0 Å². The molecule has 3 nitrogen and oxygen atoms in total. The molecule has 2 rings (SSSR count). The first-order valence-corrected chi connectivity index (χ1v) is 8.76. The molecule has 1 atom stereocenters. The molecule has 0 radical (unpaired) electrons. The summed E-state index contributed by atoms with van der Waals surface area (Å²) >= 11 is 4.54. The van der Waals surface area contributed by atoms with Crippen LogP contribution in [0.4, 0.5) is 4.39 Å². The minimum atomic E-state index is -3.34. The molecule has 0 aromatic heterocycles. The standard InChI is InChI=1S/C10H11BrFNO2S2/c11-6-17(14,15)13-9-3-4-16-10-2-1-7(12)5-8(9)10/h1-2,5,9,13H,3-4,6H2. The molecule has 0 saturated heterocycles. The first kappa shape index (κ1) is 13.3. The predicted molar refractivity (Wildman–Crippen MR) is 70.3 cm³/mol. The highest BCUT2D eigenvalue weighted by Crippen LogP contribution is 2.36. The maximum atomic E-state index is 13.2. The van der Waals surface area contributed by atoms with E-state index in [1.807, 2.05) is 0 Å². The average molecular weight is 340 g/mol. The second-order valence-electron chi connectivity index (χ2n) is 3.71. The molecule has 1 aliphatic heterocycles. The van der Waals surface area contributed by atoms with Crippen LogP contribution in [0, 0.1) is 5.82 Å². The van der Waals surface area contributed by atoms with E-state index in [2.05, 4.69) is 20.7 Å². The highest BCUT2D eigenvalue weighted by atomic mass is 79.9. The van der Waals surface area contributed by atoms with Gasteiger partial charge in [0, 0.05) is 10.9 Å². The molecule has 0 bridgehead atoms. The first-order chi connectivity index (χ1) is 8.02. The summed E-state index contributed by atoms with van der Waals surface area (Å²) in [4.78, 5) is 0.944. The van der Waals surface area contributed by atoms with Crippen molar-refractivity contribution in [3.63, 3.8) is 0 Å². The Morgan fingerprint density at radius 2 is 2.29 bits per heavy atom. The zero-order valence-electron chi connectivity index (χ0n) is 8.82. The Morgan fingerprint density at radius 1 is 1.53 bits per heavy atom. The number of hydrogen-bond donors (Lipinski definition) is 1. The molecule has 0 saturated carbocycles. The second-order valence-corrected chi connectivity index (χ2v) is 7.91. The molecule has 1 aromatic carbocycles. The van der Waals surface area contributed by atoms with Crippen LogP contribution in [0.1, 0.15) is 18.0 Å². The lowest BCUT2D eigenvalue weighted by molar-refractivity contribution is 0.545. The maximum Gasteiger partial charge on any atom is 0.222 e. The van der Waals surface area contributed by atoms with Gasteiger partial charge < -0.3 is 0 Å². The lowest BCUT2D eigenvalue weighted by Crippen LogP contribution is -2.31. The fourth-order valence-electron chi connectivity index (χ4n) is 1.74. The van der Waals surface area contributed by atoms with E-state index in [1.54, 1.807) is 17.8 Å². The predicted octanol–water partition coefficient (Wildman–Crippen LogP) is 2.63. The van der Waals surface area contributed by atoms with E-state index in [-0.39, 0.29) is 16.5 Å². The van der Waals surface area contributed by atoms with Crippen molar-refractivity contribution in [3.8, 4) is 0 Å². The Bertz CT molecular complexity index is 521. The van der Waals surface area contributed by atoms with Gasteiger partial charge in [0.2, 0.25) is 10.0 Å². The average Bonchev–Trinajstić information content (AvgIpc) is 2.30. The highest BCUT2D eigenvalue weighted by Gasteiger charge is 2.24. The quantitative estimate of drug-likeness (QED) is 0.861. The zero-order chi connectivity index (χ0) is 12.5. The lowest BCUT2D eigenvalue weighted by Gasteiger charge is -2.25. The minimum Gasteiger partial charge on any atom is -0.212 e. The number of halogens is 2. The van der Waals surface area contributed by atoms with E-state index >= 15 is 0 Å². The van der Waals surface area contributed by atoms with Crippen LogP contribution in [-0.2, 0) is 10.0 Å². The van der Waals surface area contributed by atoms with Crippen molar-refractivity contribution in [1.82, 2.24) is 4.72 Å². The van der Waals surface area contributed by atoms with Gasteiger partial charge in [-0.25, -0.2) is 17.5 Å². The minimum absolute atomic E-state index is 0.145. The Morgan fingerprint density at radius 3 is 3.00 bits per heavy atom. The number of fused-ring (bicyclic) bond motifs is 1. The number of hydrogen-bond acceptors (Lipinski definition) is 3. The molecule has 0 amide bonds. The maximum absolute atomic E-state index is 13.2. The normalized spacial score (nSPS) is 20.0. The molecule has 1 aromatic rings. The van der Waals surface area contributed by atoms with Gasteiger partial charge in [-0.15, -0.1) is 11.8 Å². The van der Waals surface area contributed by atoms with E-state index in [9.17, 15) is 12.8 Å². The van der Waals surface area contributed by atoms with Gasteiger partial charge in [0.05, 0.1) is 0 Å². The lowest BCUT2D eigenvalue weighted by atomic mass is 10.0. The van der Waals surface area contributed by atoms with Crippen molar-refractivity contribution in [1.29, 1.82) is 0 Å². The van der Waals surface area contributed by atoms with Crippen LogP contribution in [0.2, 0.25) is 0 Å². The highest BCUT2D eigenvalue weighted by molar-refractivity contribution is 9.10. The van der Waals surface area contributed by atoms with Crippen molar-refractivity contribution >= 4 is 37.7 Å². The molecule has 1 N–H and O–H groups in total. The summed E-state index contributed by atoms with van der Waals surface area (Å²) in [6.07, 6.45) is 0.674. The fraction of sp³-hybridized carbons (Fsp3) is 0.400. The Labute approximate surface area is 112 Å². The van der Waals surface area contributed by atoms with E-state index in [0.29, 0.717) is 6.42 Å². The molecule has 1 aliphatic rings. The van der Waals surface area contributed by atoms with Crippen molar-refractivity contribution in [2.24, 2.45) is 0 Å². The van der Waals surface area contributed by atoms with Crippen LogP contribution >= 0.6 is 27.7 Å². The third kappa shape index (κ3) is 3.21. The molecule has 0 fully saturated rings. The Kier molecular flexibility index (Phi) is 4.12. The van der Waals surface area contributed by atoms with Gasteiger partial charge >= 0.3 is 0 Å². The SMILES string of the molecule is O=S(=O)(CBr)NC1CCSc2ccc(F)cc21. The topological polar surface area (TPSA) is 46.2 Å². The van der Waals surface area contributed by atoms with Gasteiger partial charge in [-0.05, 0) is 35.9 Å². The molecule has 17 heavy (non-hydrogen) atoms. The van der Waals surface area contributed by atoms with Crippen LogP contribution in [0.25, 0.3) is 0 Å². The van der Waals surface area contributed by atoms with Crippen LogP contribution in [0.5, 0.6) is 0 Å². The summed E-state index contributed by atoms with van der Waals surface area (Å²) in [6, 6.07) is 4.17. The van der Waals surface area contributed by atoms with Gasteiger partial charge in [0.15, 0.2) is 0 Å². The zero-order valence-corrected chi connectivity index (χ0v) is 12.0. The molecular weight excluding hydrogens is 329 g/mol. The number of sulfonamides is 1. The Hall–Kier alpha value is -0.110. The van der Waals surface area contributed by atoms with Gasteiger partial charge in [0.1, 0.15) is 10.5 Å². The number of alkyl halides is 1. The molecular formula is C10H11BrFNO2S2. The number of thioether (sulfide) groups is 1. The molecule has 94 valence electrons. The second kappa shape index (κ2) is 5.26. The van der Waals surface area contributed by atoms with Crippen molar-refractivity contribution in [2.45, 2.75) is 17.4 Å². The van der Waals surface area contributed by atoms with Crippen molar-refractivity contribution < 1.29 is 12.8 Å². The van der Waals surface area contributed by atoms with Crippen molar-refractivity contribution in [2.75, 3.05) is 10.4 Å². The summed E-state index contributed by atoms with van der Waals surface area (Å²) in [5.74, 6) is 0.489. The summed E-state index contributed by atoms with van der Waals surface area (Å²) in [6.45, 7) is 0. The largest absolute Gasteiger partial charge is 0.222 e. The van der Waals surface area contributed by atoms with Crippen molar-refractivity contribution in [3.05, 3.63) is 29.6 Å². The van der Waals surface area contributed by atoms with Crippen LogP contribution < -0.4 is 4.72 Å². The summed E-state index contributed by atoms with van der Waals surface area (Å²) < 4.78 is 38.6. The van der Waals surface area contributed by atoms with E-state index in [1.165, 1.54) is 12.1 Å². The van der Waals surface area contributed by atoms with Gasteiger partial charge in [-0.1, -0.05) is 15.9 Å². The van der Waals surface area contributed by atoms with Gasteiger partial charge in [0.25, 0.3) is 0 Å². The number of rotatable bonds is 3. The first-order valence-electron chi connectivity index (χ1n) is 5.00. The van der Waals surface area contributed by atoms with Crippen LogP contribution in [-0.4, -0.2) is 18.8 Å².